The minimum absolute atomic E-state index is 0.252. The number of rotatable bonds is 9. The van der Waals surface area contributed by atoms with Gasteiger partial charge in [0, 0.05) is 6.42 Å². The van der Waals surface area contributed by atoms with Gasteiger partial charge in [0.1, 0.15) is 0 Å². The number of halogens is 3. The van der Waals surface area contributed by atoms with Crippen LogP contribution >= 0.6 is 0 Å². The number of ether oxygens (including phenoxy) is 1. The lowest BCUT2D eigenvalue weighted by Gasteiger charge is -2.09. The van der Waals surface area contributed by atoms with Crippen LogP contribution in [0.2, 0.25) is 0 Å². The zero-order valence-corrected chi connectivity index (χ0v) is 14.9. The molecule has 0 aliphatic heterocycles. The van der Waals surface area contributed by atoms with Gasteiger partial charge in [-0.3, -0.25) is 4.79 Å². The fraction of sp³-hybridized carbons (Fsp3) is 0.350. The average molecular weight is 384 g/mol. The first-order valence-electron chi connectivity index (χ1n) is 8.36. The first kappa shape index (κ1) is 22.7. The van der Waals surface area contributed by atoms with Crippen LogP contribution in [0, 0.1) is 0 Å². The summed E-state index contributed by atoms with van der Waals surface area (Å²) in [5.41, 5.74) is -0.415. The van der Waals surface area contributed by atoms with Crippen molar-refractivity contribution in [3.8, 4) is 0 Å². The average Bonchev–Trinajstić information content (AvgIpc) is 2.63. The maximum atomic E-state index is 12.5. The smallest absolute Gasteiger partial charge is 0.416 e. The molecular formula is C20H23F3O4. The van der Waals surface area contributed by atoms with E-state index in [1.54, 1.807) is 30.4 Å². The number of esters is 1. The summed E-state index contributed by atoms with van der Waals surface area (Å²) >= 11 is 0. The van der Waals surface area contributed by atoms with Gasteiger partial charge in [0.2, 0.25) is 0 Å². The van der Waals surface area contributed by atoms with E-state index in [0.717, 1.165) is 12.1 Å². The predicted molar refractivity (Wildman–Crippen MR) is 95.7 cm³/mol. The van der Waals surface area contributed by atoms with Crippen LogP contribution in [0.3, 0.4) is 0 Å². The molecule has 0 spiro atoms. The molecule has 0 bridgehead atoms. The molecule has 0 aliphatic rings. The van der Waals surface area contributed by atoms with Crippen LogP contribution < -0.4 is 0 Å². The number of carbonyl (C=O) groups excluding carboxylic acids is 1. The van der Waals surface area contributed by atoms with E-state index in [0.29, 0.717) is 18.4 Å². The van der Waals surface area contributed by atoms with E-state index in [9.17, 15) is 28.2 Å². The molecule has 7 heteroatoms. The van der Waals surface area contributed by atoms with Crippen LogP contribution in [-0.4, -0.2) is 29.4 Å². The summed E-state index contributed by atoms with van der Waals surface area (Å²) in [6.45, 7) is 0. The molecule has 2 atom stereocenters. The molecule has 2 N–H and O–H groups in total. The van der Waals surface area contributed by atoms with Gasteiger partial charge in [-0.05, 0) is 30.5 Å². The van der Waals surface area contributed by atoms with Crippen LogP contribution in [0.25, 0.3) is 0 Å². The number of allylic oxidation sites excluding steroid dienone is 4. The minimum Gasteiger partial charge on any atom is -0.469 e. The number of methoxy groups -OCH3 is 1. The largest absolute Gasteiger partial charge is 0.469 e. The fourth-order valence-electron chi connectivity index (χ4n) is 2.12. The van der Waals surface area contributed by atoms with Gasteiger partial charge in [-0.25, -0.2) is 0 Å². The molecule has 1 aromatic carbocycles. The van der Waals surface area contributed by atoms with Gasteiger partial charge < -0.3 is 14.9 Å². The Balaban J connectivity index is 2.41. The summed E-state index contributed by atoms with van der Waals surface area (Å²) < 4.78 is 42.0. The van der Waals surface area contributed by atoms with Gasteiger partial charge in [-0.1, -0.05) is 48.6 Å². The highest BCUT2D eigenvalue weighted by atomic mass is 19.4. The SMILES string of the molecule is COC(=O)CCCC(O)/C=C/C=C\C=C\C(O)c1ccc(C(F)(F)F)cc1. The second kappa shape index (κ2) is 11.4. The standard InChI is InChI=1S/C20H23F3O4/c1-27-19(26)10-6-8-17(24)7-4-2-3-5-9-18(25)15-11-13-16(14-12-15)20(21,22)23/h2-5,7,9,11-14,17-18,24-25H,6,8,10H2,1H3/b3-2-,7-4+,9-5+. The van der Waals surface area contributed by atoms with Gasteiger partial charge in [0.25, 0.3) is 0 Å². The maximum Gasteiger partial charge on any atom is 0.416 e. The highest BCUT2D eigenvalue weighted by Gasteiger charge is 2.30. The van der Waals surface area contributed by atoms with Crippen molar-refractivity contribution in [2.45, 2.75) is 37.6 Å². The normalized spacial score (nSPS) is 14.9. The van der Waals surface area contributed by atoms with Crippen molar-refractivity contribution < 1.29 is 32.9 Å². The zero-order valence-electron chi connectivity index (χ0n) is 14.9. The van der Waals surface area contributed by atoms with Crippen molar-refractivity contribution in [1.82, 2.24) is 0 Å². The summed E-state index contributed by atoms with van der Waals surface area (Å²) in [7, 11) is 1.31. The summed E-state index contributed by atoms with van der Waals surface area (Å²) in [5.74, 6) is -0.317. The summed E-state index contributed by atoms with van der Waals surface area (Å²) in [4.78, 5) is 10.9. The molecule has 0 aromatic heterocycles. The van der Waals surface area contributed by atoms with E-state index in [2.05, 4.69) is 4.74 Å². The first-order valence-corrected chi connectivity index (χ1v) is 8.36. The molecule has 0 heterocycles. The third kappa shape index (κ3) is 9.21. The lowest BCUT2D eigenvalue weighted by Crippen LogP contribution is -2.05. The second-order valence-electron chi connectivity index (χ2n) is 5.76. The zero-order chi connectivity index (χ0) is 20.3. The molecule has 4 nitrogen and oxygen atoms in total. The number of alkyl halides is 3. The Bertz CT molecular complexity index is 661. The van der Waals surface area contributed by atoms with Gasteiger partial charge in [0.15, 0.2) is 0 Å². The quantitative estimate of drug-likeness (QED) is 0.497. The summed E-state index contributed by atoms with van der Waals surface area (Å²) in [6, 6.07) is 4.30. The Morgan fingerprint density at radius 1 is 1.07 bits per heavy atom. The van der Waals surface area contributed by atoms with Crippen LogP contribution in [0.4, 0.5) is 13.2 Å². The molecule has 148 valence electrons. The Hall–Kier alpha value is -2.38. The van der Waals surface area contributed by atoms with Crippen LogP contribution in [0.5, 0.6) is 0 Å². The third-order valence-corrected chi connectivity index (χ3v) is 3.65. The highest BCUT2D eigenvalue weighted by molar-refractivity contribution is 5.68. The minimum atomic E-state index is -4.40. The lowest BCUT2D eigenvalue weighted by atomic mass is 10.1. The molecule has 0 amide bonds. The van der Waals surface area contributed by atoms with Gasteiger partial charge in [-0.15, -0.1) is 0 Å². The van der Waals surface area contributed by atoms with Crippen LogP contribution in [0.1, 0.15) is 36.5 Å². The van der Waals surface area contributed by atoms with E-state index in [1.165, 1.54) is 25.3 Å². The fourth-order valence-corrected chi connectivity index (χ4v) is 2.12. The molecule has 0 aliphatic carbocycles. The molecule has 0 saturated heterocycles. The summed E-state index contributed by atoms with van der Waals surface area (Å²) in [6.07, 6.45) is 4.51. The van der Waals surface area contributed by atoms with Gasteiger partial charge in [0.05, 0.1) is 24.9 Å². The number of hydrogen-bond acceptors (Lipinski definition) is 4. The molecule has 0 radical (unpaired) electrons. The number of aliphatic hydroxyl groups is 2. The van der Waals surface area contributed by atoms with Gasteiger partial charge in [-0.2, -0.15) is 13.2 Å². The molecular weight excluding hydrogens is 361 g/mol. The number of carbonyl (C=O) groups is 1. The van der Waals surface area contributed by atoms with Crippen molar-refractivity contribution in [2.75, 3.05) is 7.11 Å². The first-order chi connectivity index (χ1) is 12.7. The van der Waals surface area contributed by atoms with E-state index >= 15 is 0 Å². The molecule has 0 fully saturated rings. The van der Waals surface area contributed by atoms with E-state index in [-0.39, 0.29) is 12.4 Å². The molecule has 1 aromatic rings. The Morgan fingerprint density at radius 2 is 1.67 bits per heavy atom. The predicted octanol–water partition coefficient (Wildman–Crippen LogP) is 4.11. The third-order valence-electron chi connectivity index (χ3n) is 3.65. The Labute approximate surface area is 156 Å². The van der Waals surface area contributed by atoms with Crippen LogP contribution in [-0.2, 0) is 15.7 Å². The number of benzene rings is 1. The van der Waals surface area contributed by atoms with Crippen molar-refractivity contribution >= 4 is 5.97 Å². The number of aliphatic hydroxyl groups excluding tert-OH is 2. The van der Waals surface area contributed by atoms with Crippen molar-refractivity contribution in [2.24, 2.45) is 0 Å². The van der Waals surface area contributed by atoms with Crippen molar-refractivity contribution in [3.63, 3.8) is 0 Å². The van der Waals surface area contributed by atoms with Gasteiger partial charge >= 0.3 is 12.1 Å². The Morgan fingerprint density at radius 3 is 2.22 bits per heavy atom. The van der Waals surface area contributed by atoms with Crippen molar-refractivity contribution in [3.05, 3.63) is 71.8 Å². The summed E-state index contributed by atoms with van der Waals surface area (Å²) in [5, 5.41) is 19.6. The van der Waals surface area contributed by atoms with Crippen LogP contribution in [0.15, 0.2) is 60.7 Å². The molecule has 1 rings (SSSR count). The van der Waals surface area contributed by atoms with E-state index in [1.807, 2.05) is 0 Å². The van der Waals surface area contributed by atoms with Crippen molar-refractivity contribution in [1.29, 1.82) is 0 Å². The monoisotopic (exact) mass is 384 g/mol. The molecule has 0 saturated carbocycles. The Kier molecular flexibility index (Phi) is 9.53. The number of hydrogen-bond donors (Lipinski definition) is 2. The maximum absolute atomic E-state index is 12.5. The lowest BCUT2D eigenvalue weighted by molar-refractivity contribution is -0.141. The van der Waals surface area contributed by atoms with E-state index < -0.39 is 23.9 Å². The molecule has 27 heavy (non-hydrogen) atoms. The van der Waals surface area contributed by atoms with E-state index in [4.69, 9.17) is 0 Å². The molecule has 2 unspecified atom stereocenters. The topological polar surface area (TPSA) is 66.8 Å². The highest BCUT2D eigenvalue weighted by Crippen LogP contribution is 2.30. The second-order valence-corrected chi connectivity index (χ2v) is 5.76.